The number of hydrogen-bond donors (Lipinski definition) is 3. The van der Waals surface area contributed by atoms with Crippen molar-refractivity contribution < 1.29 is 29.0 Å². The molecule has 0 aliphatic carbocycles. The van der Waals surface area contributed by atoms with Crippen LogP contribution in [0.3, 0.4) is 0 Å². The van der Waals surface area contributed by atoms with Crippen molar-refractivity contribution in [2.75, 3.05) is 34.9 Å². The lowest BCUT2D eigenvalue weighted by atomic mass is 9.89. The second-order valence-corrected chi connectivity index (χ2v) is 12.8. The van der Waals surface area contributed by atoms with E-state index in [1.165, 1.54) is 0 Å². The second-order valence-electron chi connectivity index (χ2n) is 12.8. The number of aliphatic hydroxyl groups excluding tert-OH is 1. The number of nitrogens with zero attached hydrogens (tertiary/aromatic N) is 2. The topological polar surface area (TPSA) is 120 Å². The van der Waals surface area contributed by atoms with Crippen LogP contribution >= 0.6 is 0 Å². The van der Waals surface area contributed by atoms with Crippen molar-refractivity contribution in [3.63, 3.8) is 0 Å². The molecule has 3 N–H and O–H groups in total. The molecule has 1 aromatic carbocycles. The van der Waals surface area contributed by atoms with Gasteiger partial charge in [-0.15, -0.1) is 0 Å². The van der Waals surface area contributed by atoms with Crippen LogP contribution in [-0.4, -0.2) is 104 Å². The third kappa shape index (κ3) is 9.25. The van der Waals surface area contributed by atoms with Crippen molar-refractivity contribution in [3.8, 4) is 0 Å². The van der Waals surface area contributed by atoms with Gasteiger partial charge in [-0.1, -0.05) is 71.4 Å². The number of methoxy groups -OCH3 is 2. The van der Waals surface area contributed by atoms with E-state index in [0.29, 0.717) is 13.0 Å². The fraction of sp³-hybridized carbons (Fsp3) is 0.735. The SMILES string of the molecule is CCC(C)[C@@H](C(CC(=O)N1CCC[C@H]1[C@H](OC)[C@@H](C)C(=O)N[C@H](C)C(O)c1ccccc1)OC)N(C)C(=O)[C@@H](NC)C(C)C. The van der Waals surface area contributed by atoms with Crippen LogP contribution in [0.5, 0.6) is 0 Å². The van der Waals surface area contributed by atoms with Gasteiger partial charge < -0.3 is 35.0 Å². The quantitative estimate of drug-likeness (QED) is 0.245. The zero-order valence-electron chi connectivity index (χ0n) is 28.6. The first-order valence-electron chi connectivity index (χ1n) is 16.2. The van der Waals surface area contributed by atoms with E-state index < -0.39 is 30.3 Å². The summed E-state index contributed by atoms with van der Waals surface area (Å²) in [6.07, 6.45) is 0.577. The molecule has 2 rings (SSSR count). The second kappa shape index (κ2) is 17.8. The van der Waals surface area contributed by atoms with Gasteiger partial charge in [0.2, 0.25) is 17.7 Å². The van der Waals surface area contributed by atoms with Crippen LogP contribution < -0.4 is 10.6 Å². The van der Waals surface area contributed by atoms with Gasteiger partial charge in [0.15, 0.2) is 0 Å². The van der Waals surface area contributed by atoms with Crippen molar-refractivity contribution in [2.24, 2.45) is 17.8 Å². The highest BCUT2D eigenvalue weighted by atomic mass is 16.5. The minimum absolute atomic E-state index is 0.0211. The van der Waals surface area contributed by atoms with E-state index in [9.17, 15) is 19.5 Å². The number of carbonyl (C=O) groups excluding carboxylic acids is 3. The lowest BCUT2D eigenvalue weighted by Gasteiger charge is -2.40. The number of hydrogen-bond acceptors (Lipinski definition) is 7. The number of nitrogens with one attached hydrogen (secondary N) is 2. The molecule has 10 nitrogen and oxygen atoms in total. The molecule has 250 valence electrons. The summed E-state index contributed by atoms with van der Waals surface area (Å²) in [6.45, 7) is 12.3. The molecule has 1 fully saturated rings. The highest BCUT2D eigenvalue weighted by molar-refractivity contribution is 5.83. The predicted octanol–water partition coefficient (Wildman–Crippen LogP) is 3.39. The largest absolute Gasteiger partial charge is 0.386 e. The smallest absolute Gasteiger partial charge is 0.240 e. The Kier molecular flexibility index (Phi) is 15.3. The van der Waals surface area contributed by atoms with Crippen molar-refractivity contribution in [1.82, 2.24) is 20.4 Å². The Balaban J connectivity index is 2.19. The van der Waals surface area contributed by atoms with Crippen LogP contribution in [0.25, 0.3) is 0 Å². The van der Waals surface area contributed by atoms with Crippen LogP contribution in [0.1, 0.15) is 78.9 Å². The van der Waals surface area contributed by atoms with E-state index in [0.717, 1.165) is 18.4 Å². The van der Waals surface area contributed by atoms with Crippen molar-refractivity contribution in [1.29, 1.82) is 0 Å². The summed E-state index contributed by atoms with van der Waals surface area (Å²) in [5.41, 5.74) is 0.727. The average Bonchev–Trinajstić information content (AvgIpc) is 3.50. The predicted molar refractivity (Wildman–Crippen MR) is 173 cm³/mol. The molecule has 1 heterocycles. The van der Waals surface area contributed by atoms with Crippen molar-refractivity contribution >= 4 is 17.7 Å². The molecule has 3 amide bonds. The van der Waals surface area contributed by atoms with E-state index in [2.05, 4.69) is 24.5 Å². The summed E-state index contributed by atoms with van der Waals surface area (Å²) in [6, 6.07) is 7.81. The Morgan fingerprint density at radius 1 is 1.07 bits per heavy atom. The maximum Gasteiger partial charge on any atom is 0.240 e. The molecule has 10 heteroatoms. The first-order valence-corrected chi connectivity index (χ1v) is 16.2. The van der Waals surface area contributed by atoms with Gasteiger partial charge in [0.25, 0.3) is 0 Å². The molecular weight excluding hydrogens is 560 g/mol. The van der Waals surface area contributed by atoms with Gasteiger partial charge >= 0.3 is 0 Å². The van der Waals surface area contributed by atoms with Crippen LogP contribution in [0, 0.1) is 17.8 Å². The molecule has 1 aromatic rings. The average molecular weight is 619 g/mol. The molecule has 0 bridgehead atoms. The number of amides is 3. The first kappa shape index (κ1) is 37.7. The van der Waals surface area contributed by atoms with Gasteiger partial charge in [0.05, 0.1) is 54.8 Å². The Morgan fingerprint density at radius 2 is 1.70 bits per heavy atom. The highest BCUT2D eigenvalue weighted by Crippen LogP contribution is 2.30. The standard InChI is InChI=1S/C34H58N4O6/c1-11-22(4)30(37(8)34(42)29(35-7)21(2)3)27(43-9)20-28(39)38-19-15-18-26(38)32(44-10)23(5)33(41)36-24(6)31(40)25-16-13-12-14-17-25/h12-14,16-17,21-24,26-27,29-32,35,40H,11,15,18-20H2,1-10H3,(H,36,41)/t22?,23-,24-,26+,27?,29+,30+,31?,32-/m1/s1. The lowest BCUT2D eigenvalue weighted by Crippen LogP contribution is -2.56. The Morgan fingerprint density at radius 3 is 2.23 bits per heavy atom. The Bertz CT molecular complexity index is 1040. The molecule has 0 spiro atoms. The zero-order valence-corrected chi connectivity index (χ0v) is 28.6. The Hall–Kier alpha value is -2.53. The summed E-state index contributed by atoms with van der Waals surface area (Å²) in [5, 5.41) is 16.8. The molecule has 9 atom stereocenters. The third-order valence-corrected chi connectivity index (χ3v) is 9.49. The summed E-state index contributed by atoms with van der Waals surface area (Å²) in [5.74, 6) is -0.695. The number of aliphatic hydroxyl groups is 1. The molecular formula is C34H58N4O6. The molecule has 0 aromatic heterocycles. The maximum atomic E-state index is 13.9. The molecule has 3 unspecified atom stereocenters. The Labute approximate surface area is 265 Å². The number of likely N-dealkylation sites (N-methyl/N-ethyl adjacent to an activating group) is 2. The third-order valence-electron chi connectivity index (χ3n) is 9.49. The van der Waals surface area contributed by atoms with E-state index in [1.807, 2.05) is 49.1 Å². The van der Waals surface area contributed by atoms with E-state index >= 15 is 0 Å². The minimum Gasteiger partial charge on any atom is -0.386 e. The minimum atomic E-state index is -0.851. The summed E-state index contributed by atoms with van der Waals surface area (Å²) >= 11 is 0. The molecule has 1 aliphatic rings. The molecule has 0 radical (unpaired) electrons. The number of likely N-dealkylation sites (tertiary alicyclic amines) is 1. The molecule has 1 saturated heterocycles. The van der Waals surface area contributed by atoms with Crippen molar-refractivity contribution in [2.45, 2.75) is 110 Å². The van der Waals surface area contributed by atoms with Crippen molar-refractivity contribution in [3.05, 3.63) is 35.9 Å². The summed E-state index contributed by atoms with van der Waals surface area (Å²) < 4.78 is 11.8. The number of benzene rings is 1. The van der Waals surface area contributed by atoms with E-state index in [4.69, 9.17) is 9.47 Å². The first-order chi connectivity index (χ1) is 20.8. The number of rotatable bonds is 17. The van der Waals surface area contributed by atoms with Gasteiger partial charge in [0.1, 0.15) is 0 Å². The van der Waals surface area contributed by atoms with Gasteiger partial charge in [0, 0.05) is 27.8 Å². The summed E-state index contributed by atoms with van der Waals surface area (Å²) in [4.78, 5) is 44.3. The van der Waals surface area contributed by atoms with Crippen LogP contribution in [0.2, 0.25) is 0 Å². The maximum absolute atomic E-state index is 13.9. The number of ether oxygens (including phenoxy) is 2. The number of carbonyl (C=O) groups is 3. The van der Waals surface area contributed by atoms with Gasteiger partial charge in [-0.2, -0.15) is 0 Å². The normalized spacial score (nSPS) is 20.7. The van der Waals surface area contributed by atoms with Gasteiger partial charge in [-0.25, -0.2) is 0 Å². The molecule has 44 heavy (non-hydrogen) atoms. The van der Waals surface area contributed by atoms with Gasteiger partial charge in [-0.05, 0) is 44.2 Å². The fourth-order valence-corrected chi connectivity index (χ4v) is 6.64. The molecule has 0 saturated carbocycles. The van der Waals surface area contributed by atoms with Gasteiger partial charge in [-0.3, -0.25) is 14.4 Å². The monoisotopic (exact) mass is 618 g/mol. The van der Waals surface area contributed by atoms with E-state index in [-0.39, 0.29) is 54.1 Å². The van der Waals surface area contributed by atoms with E-state index in [1.54, 1.807) is 47.1 Å². The van der Waals surface area contributed by atoms with Crippen LogP contribution in [0.4, 0.5) is 0 Å². The highest BCUT2D eigenvalue weighted by Gasteiger charge is 2.42. The van der Waals surface area contributed by atoms with Crippen LogP contribution in [0.15, 0.2) is 30.3 Å². The lowest BCUT2D eigenvalue weighted by molar-refractivity contribution is -0.147. The molecule has 1 aliphatic heterocycles. The zero-order chi connectivity index (χ0) is 33.1. The summed E-state index contributed by atoms with van der Waals surface area (Å²) in [7, 11) is 6.76. The van der Waals surface area contributed by atoms with Crippen LogP contribution in [-0.2, 0) is 23.9 Å². The fourth-order valence-electron chi connectivity index (χ4n) is 6.64.